The molecule has 19 heavy (non-hydrogen) atoms. The third-order valence-corrected chi connectivity index (χ3v) is 5.59. The minimum absolute atomic E-state index is 0.159. The average Bonchev–Trinajstić information content (AvgIpc) is 2.51. The van der Waals surface area contributed by atoms with Gasteiger partial charge in [0.05, 0.1) is 4.90 Å². The summed E-state index contributed by atoms with van der Waals surface area (Å²) in [4.78, 5) is 13.6. The van der Waals surface area contributed by atoms with Crippen LogP contribution in [0, 0.1) is 5.41 Å². The summed E-state index contributed by atoms with van der Waals surface area (Å²) in [6, 6.07) is 2.61. The molecule has 5 nitrogen and oxygen atoms in total. The highest BCUT2D eigenvalue weighted by atomic mass is 32.2. The molecule has 0 aromatic carbocycles. The molecule has 1 aliphatic rings. The fraction of sp³-hybridized carbons (Fsp3) is 0.615. The SMILES string of the molecule is CC1(C)CCCN(S(=O)(=O)c2ccc(=O)[nH]c2)CC1. The van der Waals surface area contributed by atoms with Gasteiger partial charge in [-0.1, -0.05) is 13.8 Å². The Morgan fingerprint density at radius 3 is 2.58 bits per heavy atom. The first-order chi connectivity index (χ1) is 8.81. The van der Waals surface area contributed by atoms with Crippen LogP contribution in [0.5, 0.6) is 0 Å². The van der Waals surface area contributed by atoms with Crippen molar-refractivity contribution in [2.75, 3.05) is 13.1 Å². The van der Waals surface area contributed by atoms with E-state index in [-0.39, 0.29) is 15.9 Å². The van der Waals surface area contributed by atoms with E-state index in [1.54, 1.807) is 0 Å². The molecule has 1 aromatic rings. The van der Waals surface area contributed by atoms with Gasteiger partial charge in [0.1, 0.15) is 0 Å². The summed E-state index contributed by atoms with van der Waals surface area (Å²) < 4.78 is 26.5. The van der Waals surface area contributed by atoms with Gasteiger partial charge in [-0.05, 0) is 30.7 Å². The molecule has 0 amide bonds. The zero-order valence-electron chi connectivity index (χ0n) is 11.3. The maximum absolute atomic E-state index is 12.5. The molecular formula is C13H20N2O3S. The Hall–Kier alpha value is -1.14. The van der Waals surface area contributed by atoms with E-state index in [4.69, 9.17) is 0 Å². The van der Waals surface area contributed by atoms with Gasteiger partial charge in [0.25, 0.3) is 0 Å². The van der Waals surface area contributed by atoms with Crippen LogP contribution in [0.3, 0.4) is 0 Å². The molecule has 6 heteroatoms. The molecular weight excluding hydrogens is 264 g/mol. The predicted octanol–water partition coefficient (Wildman–Crippen LogP) is 1.58. The number of nitrogens with one attached hydrogen (secondary N) is 1. The Morgan fingerprint density at radius 2 is 1.95 bits per heavy atom. The Labute approximate surface area is 113 Å². The lowest BCUT2D eigenvalue weighted by molar-refractivity contribution is 0.315. The van der Waals surface area contributed by atoms with Crippen molar-refractivity contribution in [3.63, 3.8) is 0 Å². The van der Waals surface area contributed by atoms with Gasteiger partial charge < -0.3 is 4.98 Å². The Kier molecular flexibility index (Phi) is 3.82. The number of H-pyrrole nitrogens is 1. The molecule has 0 saturated carbocycles. The first-order valence-electron chi connectivity index (χ1n) is 6.50. The first-order valence-corrected chi connectivity index (χ1v) is 7.94. The van der Waals surface area contributed by atoms with E-state index in [2.05, 4.69) is 18.8 Å². The van der Waals surface area contributed by atoms with E-state index in [0.29, 0.717) is 13.1 Å². The van der Waals surface area contributed by atoms with Crippen LogP contribution in [-0.4, -0.2) is 30.8 Å². The zero-order chi connectivity index (χ0) is 14.1. The number of hydrogen-bond donors (Lipinski definition) is 1. The number of sulfonamides is 1. The van der Waals surface area contributed by atoms with Gasteiger partial charge in [-0.2, -0.15) is 4.31 Å². The van der Waals surface area contributed by atoms with Gasteiger partial charge in [0.2, 0.25) is 15.6 Å². The number of aromatic nitrogens is 1. The number of rotatable bonds is 2. The fourth-order valence-electron chi connectivity index (χ4n) is 2.34. The summed E-state index contributed by atoms with van der Waals surface area (Å²) in [7, 11) is -3.49. The van der Waals surface area contributed by atoms with Crippen molar-refractivity contribution in [1.29, 1.82) is 0 Å². The fourth-order valence-corrected chi connectivity index (χ4v) is 3.79. The maximum Gasteiger partial charge on any atom is 0.247 e. The van der Waals surface area contributed by atoms with Gasteiger partial charge in [-0.15, -0.1) is 0 Å². The second-order valence-electron chi connectivity index (χ2n) is 5.81. The molecule has 0 aliphatic carbocycles. The van der Waals surface area contributed by atoms with Crippen LogP contribution in [0.2, 0.25) is 0 Å². The van der Waals surface area contributed by atoms with E-state index in [0.717, 1.165) is 19.3 Å². The number of aromatic amines is 1. The molecule has 0 radical (unpaired) electrons. The maximum atomic E-state index is 12.5. The smallest absolute Gasteiger partial charge is 0.247 e. The van der Waals surface area contributed by atoms with Crippen LogP contribution in [0.1, 0.15) is 33.1 Å². The van der Waals surface area contributed by atoms with Crippen molar-refractivity contribution < 1.29 is 8.42 Å². The average molecular weight is 284 g/mol. The standard InChI is InChI=1S/C13H20N2O3S/c1-13(2)6-3-8-15(9-7-13)19(17,18)11-4-5-12(16)14-10-11/h4-5,10H,3,6-9H2,1-2H3,(H,14,16). The second kappa shape index (κ2) is 5.09. The zero-order valence-corrected chi connectivity index (χ0v) is 12.2. The molecule has 1 aromatic heterocycles. The topological polar surface area (TPSA) is 70.2 Å². The van der Waals surface area contributed by atoms with Crippen LogP contribution in [-0.2, 0) is 10.0 Å². The number of hydrogen-bond acceptors (Lipinski definition) is 3. The highest BCUT2D eigenvalue weighted by molar-refractivity contribution is 7.89. The predicted molar refractivity (Wildman–Crippen MR) is 73.5 cm³/mol. The molecule has 1 fully saturated rings. The molecule has 1 aliphatic heterocycles. The van der Waals surface area contributed by atoms with Gasteiger partial charge >= 0.3 is 0 Å². The van der Waals surface area contributed by atoms with Gasteiger partial charge in [0.15, 0.2) is 0 Å². The van der Waals surface area contributed by atoms with Crippen molar-refractivity contribution in [2.24, 2.45) is 5.41 Å². The quantitative estimate of drug-likeness (QED) is 0.896. The summed E-state index contributed by atoms with van der Waals surface area (Å²) in [6.45, 7) is 5.42. The van der Waals surface area contributed by atoms with Gasteiger partial charge in [-0.3, -0.25) is 4.79 Å². The summed E-state index contributed by atoms with van der Waals surface area (Å²) in [5, 5.41) is 0. The lowest BCUT2D eigenvalue weighted by Crippen LogP contribution is -2.32. The van der Waals surface area contributed by atoms with Crippen LogP contribution in [0.4, 0.5) is 0 Å². The van der Waals surface area contributed by atoms with Crippen molar-refractivity contribution in [1.82, 2.24) is 9.29 Å². The highest BCUT2D eigenvalue weighted by Gasteiger charge is 2.30. The minimum atomic E-state index is -3.49. The Balaban J connectivity index is 2.25. The van der Waals surface area contributed by atoms with E-state index >= 15 is 0 Å². The summed E-state index contributed by atoms with van der Waals surface area (Å²) in [5.41, 5.74) is -0.106. The van der Waals surface area contributed by atoms with Gasteiger partial charge in [0, 0.05) is 25.4 Å². The summed E-state index contributed by atoms with van der Waals surface area (Å²) >= 11 is 0. The third-order valence-electron chi connectivity index (χ3n) is 3.69. The van der Waals surface area contributed by atoms with Crippen LogP contribution >= 0.6 is 0 Å². The monoisotopic (exact) mass is 284 g/mol. The molecule has 2 rings (SSSR count). The van der Waals surface area contributed by atoms with Crippen LogP contribution < -0.4 is 5.56 Å². The van der Waals surface area contributed by atoms with Gasteiger partial charge in [-0.25, -0.2) is 8.42 Å². The normalized spacial score (nSPS) is 20.9. The Morgan fingerprint density at radius 1 is 1.21 bits per heavy atom. The van der Waals surface area contributed by atoms with E-state index in [1.807, 2.05) is 0 Å². The van der Waals surface area contributed by atoms with Crippen molar-refractivity contribution >= 4 is 10.0 Å². The van der Waals surface area contributed by atoms with Crippen molar-refractivity contribution in [2.45, 2.75) is 38.0 Å². The molecule has 0 unspecified atom stereocenters. The van der Waals surface area contributed by atoms with Crippen molar-refractivity contribution in [3.8, 4) is 0 Å². The molecule has 0 bridgehead atoms. The molecule has 2 heterocycles. The number of nitrogens with zero attached hydrogens (tertiary/aromatic N) is 1. The first kappa shape index (κ1) is 14.3. The number of pyridine rings is 1. The third kappa shape index (κ3) is 3.25. The molecule has 1 saturated heterocycles. The largest absolute Gasteiger partial charge is 0.328 e. The summed E-state index contributed by atoms with van der Waals surface area (Å²) in [5.74, 6) is 0. The van der Waals surface area contributed by atoms with E-state index in [9.17, 15) is 13.2 Å². The molecule has 106 valence electrons. The van der Waals surface area contributed by atoms with Crippen LogP contribution in [0.25, 0.3) is 0 Å². The molecule has 1 N–H and O–H groups in total. The molecule has 0 atom stereocenters. The second-order valence-corrected chi connectivity index (χ2v) is 7.75. The lowest BCUT2D eigenvalue weighted by Gasteiger charge is -2.23. The Bertz CT molecular complexity index is 584. The highest BCUT2D eigenvalue weighted by Crippen LogP contribution is 2.31. The minimum Gasteiger partial charge on any atom is -0.328 e. The van der Waals surface area contributed by atoms with E-state index < -0.39 is 10.0 Å². The van der Waals surface area contributed by atoms with Crippen LogP contribution in [0.15, 0.2) is 28.0 Å². The van der Waals surface area contributed by atoms with Crippen molar-refractivity contribution in [3.05, 3.63) is 28.7 Å². The van der Waals surface area contributed by atoms with E-state index in [1.165, 1.54) is 22.6 Å². The summed E-state index contributed by atoms with van der Waals surface area (Å²) in [6.07, 6.45) is 4.03. The lowest BCUT2D eigenvalue weighted by atomic mass is 9.85. The molecule has 0 spiro atoms.